The zero-order valence-corrected chi connectivity index (χ0v) is 13.7. The molecule has 2 aromatic rings. The number of nitriles is 1. The van der Waals surface area contributed by atoms with Crippen molar-refractivity contribution in [2.24, 2.45) is 5.92 Å². The number of alkyl halides is 1. The minimum absolute atomic E-state index is 0.150. The molecule has 4 heteroatoms. The quantitative estimate of drug-likeness (QED) is 0.762. The molecule has 0 aliphatic heterocycles. The average Bonchev–Trinajstić information content (AvgIpc) is 2.54. The lowest BCUT2D eigenvalue weighted by molar-refractivity contribution is 0.176. The Kier molecular flexibility index (Phi) is 5.70. The van der Waals surface area contributed by atoms with Gasteiger partial charge in [-0.1, -0.05) is 19.9 Å². The van der Waals surface area contributed by atoms with Gasteiger partial charge in [0.2, 0.25) is 0 Å². The van der Waals surface area contributed by atoms with E-state index < -0.39 is 6.67 Å². The van der Waals surface area contributed by atoms with Crippen LogP contribution in [0, 0.1) is 24.2 Å². The molecule has 0 aliphatic rings. The van der Waals surface area contributed by atoms with E-state index in [2.05, 4.69) is 18.8 Å². The van der Waals surface area contributed by atoms with Gasteiger partial charge in [-0.3, -0.25) is 4.98 Å². The van der Waals surface area contributed by atoms with Crippen molar-refractivity contribution in [3.63, 3.8) is 0 Å². The molecular formula is C19H21FN2O. The van der Waals surface area contributed by atoms with Gasteiger partial charge in [0.25, 0.3) is 0 Å². The van der Waals surface area contributed by atoms with Crippen molar-refractivity contribution >= 4 is 0 Å². The third-order valence-corrected chi connectivity index (χ3v) is 3.61. The summed E-state index contributed by atoms with van der Waals surface area (Å²) in [5.41, 5.74) is 2.65. The first-order valence-electron chi connectivity index (χ1n) is 7.71. The second kappa shape index (κ2) is 7.73. The third-order valence-electron chi connectivity index (χ3n) is 3.61. The van der Waals surface area contributed by atoms with Gasteiger partial charge in [-0.05, 0) is 43.5 Å². The fourth-order valence-electron chi connectivity index (χ4n) is 2.38. The van der Waals surface area contributed by atoms with Crippen molar-refractivity contribution in [1.29, 1.82) is 5.26 Å². The Morgan fingerprint density at radius 3 is 2.61 bits per heavy atom. The first-order chi connectivity index (χ1) is 11.0. The van der Waals surface area contributed by atoms with E-state index in [0.717, 1.165) is 17.7 Å². The topological polar surface area (TPSA) is 45.9 Å². The molecule has 0 spiro atoms. The number of hydrogen-bond acceptors (Lipinski definition) is 3. The van der Waals surface area contributed by atoms with Crippen LogP contribution in [0.25, 0.3) is 0 Å². The molecule has 120 valence electrons. The van der Waals surface area contributed by atoms with Gasteiger partial charge in [0.1, 0.15) is 18.5 Å². The number of ether oxygens (including phenoxy) is 1. The van der Waals surface area contributed by atoms with Gasteiger partial charge in [0, 0.05) is 23.0 Å². The van der Waals surface area contributed by atoms with E-state index in [4.69, 9.17) is 10.00 Å². The molecule has 0 amide bonds. The van der Waals surface area contributed by atoms with Gasteiger partial charge in [-0.2, -0.15) is 5.26 Å². The summed E-state index contributed by atoms with van der Waals surface area (Å²) >= 11 is 0. The highest BCUT2D eigenvalue weighted by molar-refractivity contribution is 5.42. The normalized spacial score (nSPS) is 12.0. The van der Waals surface area contributed by atoms with Gasteiger partial charge < -0.3 is 4.74 Å². The Hall–Kier alpha value is -2.41. The monoisotopic (exact) mass is 312 g/mol. The second-order valence-electron chi connectivity index (χ2n) is 6.03. The minimum atomic E-state index is -0.680. The van der Waals surface area contributed by atoms with Crippen LogP contribution in [0.3, 0.4) is 0 Å². The molecule has 2 rings (SSSR count). The maximum Gasteiger partial charge on any atom is 0.125 e. The van der Waals surface area contributed by atoms with E-state index in [0.29, 0.717) is 22.8 Å². The highest BCUT2D eigenvalue weighted by atomic mass is 19.1. The summed E-state index contributed by atoms with van der Waals surface area (Å²) in [6.07, 6.45) is 2.50. The third kappa shape index (κ3) is 4.53. The highest BCUT2D eigenvalue weighted by Crippen LogP contribution is 2.29. The summed E-state index contributed by atoms with van der Waals surface area (Å²) < 4.78 is 19.1. The van der Waals surface area contributed by atoms with E-state index in [9.17, 15) is 4.39 Å². The smallest absolute Gasteiger partial charge is 0.125 e. The lowest BCUT2D eigenvalue weighted by Crippen LogP contribution is -2.11. The second-order valence-corrected chi connectivity index (χ2v) is 6.03. The number of benzene rings is 1. The molecule has 0 saturated heterocycles. The number of aryl methyl sites for hydroxylation is 1. The highest BCUT2D eigenvalue weighted by Gasteiger charge is 2.16. The first kappa shape index (κ1) is 17.0. The number of pyridine rings is 1. The SMILES string of the molecule is Cc1ccc(C(CC(C)C)Oc2ccc(C#N)c(CF)c2)cn1. The van der Waals surface area contributed by atoms with Crippen LogP contribution in [-0.2, 0) is 6.67 Å². The number of rotatable bonds is 6. The van der Waals surface area contributed by atoms with Crippen LogP contribution in [0.1, 0.15) is 48.8 Å². The van der Waals surface area contributed by atoms with E-state index in [-0.39, 0.29) is 6.10 Å². The number of hydrogen-bond donors (Lipinski definition) is 0. The summed E-state index contributed by atoms with van der Waals surface area (Å²) in [4.78, 5) is 4.33. The first-order valence-corrected chi connectivity index (χ1v) is 7.71. The fourth-order valence-corrected chi connectivity index (χ4v) is 2.38. The summed E-state index contributed by atoms with van der Waals surface area (Å²) in [5, 5.41) is 8.98. The summed E-state index contributed by atoms with van der Waals surface area (Å²) in [7, 11) is 0. The molecule has 3 nitrogen and oxygen atoms in total. The maximum absolute atomic E-state index is 13.1. The number of aromatic nitrogens is 1. The molecule has 0 saturated carbocycles. The molecule has 0 N–H and O–H groups in total. The Bertz CT molecular complexity index is 690. The zero-order valence-electron chi connectivity index (χ0n) is 13.7. The minimum Gasteiger partial charge on any atom is -0.486 e. The van der Waals surface area contributed by atoms with E-state index in [1.54, 1.807) is 18.2 Å². The number of nitrogens with zero attached hydrogens (tertiary/aromatic N) is 2. The largest absolute Gasteiger partial charge is 0.486 e. The summed E-state index contributed by atoms with van der Waals surface area (Å²) in [6, 6.07) is 10.9. The van der Waals surface area contributed by atoms with Crippen LogP contribution in [0.5, 0.6) is 5.75 Å². The van der Waals surface area contributed by atoms with Crippen LogP contribution in [0.4, 0.5) is 4.39 Å². The fraction of sp³-hybridized carbons (Fsp3) is 0.368. The zero-order chi connectivity index (χ0) is 16.8. The van der Waals surface area contributed by atoms with Crippen molar-refractivity contribution in [2.75, 3.05) is 0 Å². The van der Waals surface area contributed by atoms with Crippen LogP contribution < -0.4 is 4.74 Å². The molecule has 0 fully saturated rings. The predicted molar refractivity (Wildman–Crippen MR) is 87.8 cm³/mol. The molecule has 1 aromatic carbocycles. The van der Waals surface area contributed by atoms with Gasteiger partial charge in [0.15, 0.2) is 0 Å². The van der Waals surface area contributed by atoms with Gasteiger partial charge in [0.05, 0.1) is 11.6 Å². The van der Waals surface area contributed by atoms with E-state index in [1.165, 1.54) is 0 Å². The average molecular weight is 312 g/mol. The van der Waals surface area contributed by atoms with E-state index in [1.807, 2.05) is 31.3 Å². The van der Waals surface area contributed by atoms with Crippen molar-refractivity contribution in [2.45, 2.75) is 40.0 Å². The lowest BCUT2D eigenvalue weighted by atomic mass is 10.00. The van der Waals surface area contributed by atoms with Crippen LogP contribution in [0.2, 0.25) is 0 Å². The van der Waals surface area contributed by atoms with Crippen molar-refractivity contribution in [3.05, 3.63) is 58.9 Å². The van der Waals surface area contributed by atoms with Crippen LogP contribution in [0.15, 0.2) is 36.5 Å². The van der Waals surface area contributed by atoms with Crippen molar-refractivity contribution in [3.8, 4) is 11.8 Å². The van der Waals surface area contributed by atoms with Crippen LogP contribution >= 0.6 is 0 Å². The predicted octanol–water partition coefficient (Wildman–Crippen LogP) is 4.90. The molecule has 0 aliphatic carbocycles. The Balaban J connectivity index is 2.27. The molecule has 1 aromatic heterocycles. The number of halogens is 1. The molecule has 0 radical (unpaired) electrons. The Labute approximate surface area is 136 Å². The molecule has 1 unspecified atom stereocenters. The molecule has 23 heavy (non-hydrogen) atoms. The van der Waals surface area contributed by atoms with Crippen LogP contribution in [-0.4, -0.2) is 4.98 Å². The molecule has 0 bridgehead atoms. The molecular weight excluding hydrogens is 291 g/mol. The van der Waals surface area contributed by atoms with Crippen molar-refractivity contribution < 1.29 is 9.13 Å². The van der Waals surface area contributed by atoms with Gasteiger partial charge >= 0.3 is 0 Å². The van der Waals surface area contributed by atoms with Gasteiger partial charge in [-0.15, -0.1) is 0 Å². The molecule has 1 heterocycles. The summed E-state index contributed by atoms with van der Waals surface area (Å²) in [5.74, 6) is 1.02. The maximum atomic E-state index is 13.1. The standard InChI is InChI=1S/C19H21FN2O/c1-13(2)8-19(16-5-4-14(3)22-12-16)23-18-7-6-15(11-21)17(9-18)10-20/h4-7,9,12-13,19H,8,10H2,1-3H3. The summed E-state index contributed by atoms with van der Waals surface area (Å²) in [6.45, 7) is 5.52. The van der Waals surface area contributed by atoms with Crippen molar-refractivity contribution in [1.82, 2.24) is 4.98 Å². The van der Waals surface area contributed by atoms with Gasteiger partial charge in [-0.25, -0.2) is 4.39 Å². The Morgan fingerprint density at radius 1 is 1.26 bits per heavy atom. The lowest BCUT2D eigenvalue weighted by Gasteiger charge is -2.21. The van der Waals surface area contributed by atoms with E-state index >= 15 is 0 Å². The molecule has 1 atom stereocenters. The Morgan fingerprint density at radius 2 is 2.04 bits per heavy atom.